The van der Waals surface area contributed by atoms with Gasteiger partial charge in [0.1, 0.15) is 11.5 Å². The molecule has 198 valence electrons. The third-order valence-electron chi connectivity index (χ3n) is 6.20. The number of halogens is 4. The van der Waals surface area contributed by atoms with Crippen LogP contribution in [0.1, 0.15) is 41.2 Å². The number of esters is 1. The van der Waals surface area contributed by atoms with Crippen LogP contribution in [-0.4, -0.2) is 36.4 Å². The van der Waals surface area contributed by atoms with Crippen LogP contribution in [0.5, 0.6) is 5.75 Å². The van der Waals surface area contributed by atoms with E-state index in [0.29, 0.717) is 36.2 Å². The van der Waals surface area contributed by atoms with Crippen LogP contribution in [-0.2, 0) is 14.3 Å². The summed E-state index contributed by atoms with van der Waals surface area (Å²) < 4.78 is 49.6. The van der Waals surface area contributed by atoms with Crippen LogP contribution in [0.25, 0.3) is 11.1 Å². The van der Waals surface area contributed by atoms with Crippen LogP contribution in [0.4, 0.5) is 18.9 Å². The fourth-order valence-electron chi connectivity index (χ4n) is 4.24. The Morgan fingerprint density at radius 3 is 2.39 bits per heavy atom. The Morgan fingerprint density at radius 2 is 1.82 bits per heavy atom. The van der Waals surface area contributed by atoms with E-state index in [9.17, 15) is 27.6 Å². The van der Waals surface area contributed by atoms with Gasteiger partial charge in [-0.1, -0.05) is 17.7 Å². The fraction of sp³-hybridized carbons (Fsp3) is 0.259. The summed E-state index contributed by atoms with van der Waals surface area (Å²) in [4.78, 5) is 40.7. The van der Waals surface area contributed by atoms with Crippen molar-refractivity contribution in [1.82, 2.24) is 4.98 Å². The molecule has 1 N–H and O–H groups in total. The number of amides is 1. The first-order chi connectivity index (χ1) is 18.2. The van der Waals surface area contributed by atoms with E-state index in [4.69, 9.17) is 11.6 Å². The minimum absolute atomic E-state index is 0.00199. The molecule has 0 bridgehead atoms. The molecule has 1 aliphatic rings. The summed E-state index contributed by atoms with van der Waals surface area (Å²) in [6, 6.07) is 11.3. The number of ether oxygens (including phenoxy) is 2. The van der Waals surface area contributed by atoms with E-state index in [1.807, 2.05) is 0 Å². The molecule has 4 rings (SSSR count). The summed E-state index contributed by atoms with van der Waals surface area (Å²) in [6.07, 6.45) is 2.31. The van der Waals surface area contributed by atoms with Crippen LogP contribution in [0.15, 0.2) is 54.7 Å². The van der Waals surface area contributed by atoms with E-state index >= 15 is 0 Å². The zero-order valence-electron chi connectivity index (χ0n) is 20.0. The second-order valence-electron chi connectivity index (χ2n) is 8.74. The smallest absolute Gasteiger partial charge is 0.387 e. The Balaban J connectivity index is 1.60. The Kier molecular flexibility index (Phi) is 8.31. The Morgan fingerprint density at radius 1 is 1.11 bits per heavy atom. The van der Waals surface area contributed by atoms with Gasteiger partial charge in [-0.2, -0.15) is 8.78 Å². The molecule has 1 fully saturated rings. The highest BCUT2D eigenvalue weighted by Crippen LogP contribution is 2.38. The maximum absolute atomic E-state index is 14.8. The number of nitrogens with zero attached hydrogens (tertiary/aromatic N) is 1. The summed E-state index contributed by atoms with van der Waals surface area (Å²) in [5.74, 6) is -2.92. The number of methoxy groups -OCH3 is 1. The molecule has 38 heavy (non-hydrogen) atoms. The van der Waals surface area contributed by atoms with Gasteiger partial charge in [0.25, 0.3) is 0 Å². The number of aromatic nitrogens is 1. The van der Waals surface area contributed by atoms with Crippen molar-refractivity contribution in [2.45, 2.75) is 31.8 Å². The highest BCUT2D eigenvalue weighted by atomic mass is 35.5. The minimum Gasteiger partial charge on any atom is -0.465 e. The Labute approximate surface area is 220 Å². The Hall–Kier alpha value is -3.92. The van der Waals surface area contributed by atoms with Gasteiger partial charge < -0.3 is 14.8 Å². The topological polar surface area (TPSA) is 94.6 Å². The molecule has 1 aromatic heterocycles. The molecule has 0 saturated heterocycles. The molecule has 1 aliphatic carbocycles. The molecule has 1 saturated carbocycles. The predicted octanol–water partition coefficient (Wildman–Crippen LogP) is 6.02. The number of anilines is 1. The number of nitrogens with one attached hydrogen (secondary N) is 1. The predicted molar refractivity (Wildman–Crippen MR) is 133 cm³/mol. The van der Waals surface area contributed by atoms with Gasteiger partial charge in [0.2, 0.25) is 5.91 Å². The number of carbonyl (C=O) groups excluding carboxylic acids is 3. The fourth-order valence-corrected chi connectivity index (χ4v) is 4.40. The van der Waals surface area contributed by atoms with Gasteiger partial charge in [0.05, 0.1) is 34.9 Å². The number of hydrogen-bond acceptors (Lipinski definition) is 6. The molecule has 0 radical (unpaired) electrons. The summed E-state index contributed by atoms with van der Waals surface area (Å²) in [6.45, 7) is -3.18. The number of ketones is 1. The first kappa shape index (κ1) is 27.1. The number of carbonyl (C=O) groups is 3. The summed E-state index contributed by atoms with van der Waals surface area (Å²) in [5.41, 5.74) is 0.934. The molecule has 1 amide bonds. The highest BCUT2D eigenvalue weighted by molar-refractivity contribution is 6.31. The molecular formula is C27H22ClF3N2O5. The second kappa shape index (κ2) is 11.6. The van der Waals surface area contributed by atoms with Crippen LogP contribution in [0.2, 0.25) is 5.02 Å². The molecule has 0 aliphatic heterocycles. The van der Waals surface area contributed by atoms with Gasteiger partial charge >= 0.3 is 12.6 Å². The quantitative estimate of drug-likeness (QED) is 0.330. The number of Topliss-reactive ketones (excluding diaryl/α,β-unsaturated/α-hetero) is 1. The number of hydrogen-bond donors (Lipinski definition) is 1. The van der Waals surface area contributed by atoms with Crippen LogP contribution >= 0.6 is 11.6 Å². The van der Waals surface area contributed by atoms with E-state index in [-0.39, 0.29) is 27.9 Å². The van der Waals surface area contributed by atoms with Gasteiger partial charge in [0, 0.05) is 30.3 Å². The van der Waals surface area contributed by atoms with Crippen molar-refractivity contribution in [2.75, 3.05) is 12.4 Å². The maximum atomic E-state index is 14.8. The van der Waals surface area contributed by atoms with E-state index in [0.717, 1.165) is 12.1 Å². The van der Waals surface area contributed by atoms with Crippen LogP contribution < -0.4 is 10.1 Å². The summed E-state index contributed by atoms with van der Waals surface area (Å²) in [7, 11) is 1.26. The maximum Gasteiger partial charge on any atom is 0.387 e. The van der Waals surface area contributed by atoms with Crippen molar-refractivity contribution < 1.29 is 37.0 Å². The average Bonchev–Trinajstić information content (AvgIpc) is 2.88. The SMILES string of the molecule is COC(=O)c1ccc(NC(=O)C(CC2CC(=O)C2)c2ccc(-c3c(OC(F)F)ccc(Cl)c3F)cn2)cc1. The largest absolute Gasteiger partial charge is 0.465 e. The molecule has 1 heterocycles. The van der Waals surface area contributed by atoms with Gasteiger partial charge in [-0.15, -0.1) is 0 Å². The molecule has 1 atom stereocenters. The summed E-state index contributed by atoms with van der Waals surface area (Å²) in [5, 5.41) is 2.50. The normalized spacial score (nSPS) is 14.1. The number of rotatable bonds is 9. The Bertz CT molecular complexity index is 1340. The lowest BCUT2D eigenvalue weighted by molar-refractivity contribution is -0.128. The minimum atomic E-state index is -3.18. The van der Waals surface area contributed by atoms with E-state index in [2.05, 4.69) is 19.8 Å². The molecule has 2 aromatic carbocycles. The molecular weight excluding hydrogens is 525 g/mol. The van der Waals surface area contributed by atoms with Gasteiger partial charge in [-0.05, 0) is 54.8 Å². The van der Waals surface area contributed by atoms with E-state index in [1.54, 1.807) is 12.1 Å². The van der Waals surface area contributed by atoms with Crippen molar-refractivity contribution in [3.63, 3.8) is 0 Å². The molecule has 1 unspecified atom stereocenters. The van der Waals surface area contributed by atoms with Crippen LogP contribution in [0.3, 0.4) is 0 Å². The third-order valence-corrected chi connectivity index (χ3v) is 6.49. The first-order valence-corrected chi connectivity index (χ1v) is 11.9. The van der Waals surface area contributed by atoms with Crippen molar-refractivity contribution in [3.05, 3.63) is 76.8 Å². The molecule has 0 spiro atoms. The lowest BCUT2D eigenvalue weighted by Gasteiger charge is -2.28. The molecule has 7 nitrogen and oxygen atoms in total. The standard InChI is InChI=1S/C27H22ClF3N2O5/c1-37-26(36)15-2-5-17(6-3-15)33-25(35)19(12-14-10-18(34)11-14)21-8-4-16(13-32-21)23-22(38-27(30)31)9-7-20(28)24(23)29/h2-9,13-14,19,27H,10-12H2,1H3,(H,33,35). The van der Waals surface area contributed by atoms with Gasteiger partial charge in [0.15, 0.2) is 5.82 Å². The number of alkyl halides is 2. The lowest BCUT2D eigenvalue weighted by Crippen LogP contribution is -2.30. The lowest BCUT2D eigenvalue weighted by atomic mass is 9.77. The summed E-state index contributed by atoms with van der Waals surface area (Å²) >= 11 is 5.85. The molecule has 11 heteroatoms. The number of pyridine rings is 1. The highest BCUT2D eigenvalue weighted by Gasteiger charge is 2.33. The van der Waals surface area contributed by atoms with Gasteiger partial charge in [-0.25, -0.2) is 9.18 Å². The van der Waals surface area contributed by atoms with Crippen molar-refractivity contribution in [2.24, 2.45) is 5.92 Å². The zero-order chi connectivity index (χ0) is 27.4. The zero-order valence-corrected chi connectivity index (χ0v) is 20.8. The number of benzene rings is 2. The first-order valence-electron chi connectivity index (χ1n) is 11.6. The van der Waals surface area contributed by atoms with Crippen LogP contribution in [0, 0.1) is 11.7 Å². The van der Waals surface area contributed by atoms with E-state index in [1.165, 1.54) is 37.6 Å². The average molecular weight is 547 g/mol. The van der Waals surface area contributed by atoms with Crippen molar-refractivity contribution >= 4 is 34.9 Å². The molecule has 3 aromatic rings. The van der Waals surface area contributed by atoms with E-state index < -0.39 is 36.0 Å². The van der Waals surface area contributed by atoms with Crippen molar-refractivity contribution in [1.29, 1.82) is 0 Å². The van der Waals surface area contributed by atoms with Gasteiger partial charge in [-0.3, -0.25) is 14.6 Å². The monoisotopic (exact) mass is 546 g/mol. The van der Waals surface area contributed by atoms with Crippen molar-refractivity contribution in [3.8, 4) is 16.9 Å². The second-order valence-corrected chi connectivity index (χ2v) is 9.15. The third kappa shape index (κ3) is 6.13.